The number of anilines is 1. The van der Waals surface area contributed by atoms with Gasteiger partial charge < -0.3 is 0 Å². The fraction of sp³-hybridized carbons (Fsp3) is 0.188. The normalized spacial score (nSPS) is 10.7. The summed E-state index contributed by atoms with van der Waals surface area (Å²) in [6, 6.07) is 8.31. The summed E-state index contributed by atoms with van der Waals surface area (Å²) in [5.41, 5.74) is 0.627. The Morgan fingerprint density at radius 2 is 2.00 bits per heavy atom. The van der Waals surface area contributed by atoms with E-state index in [4.69, 9.17) is 11.6 Å². The van der Waals surface area contributed by atoms with Crippen LogP contribution in [0, 0.1) is 6.92 Å². The molecule has 0 bridgehead atoms. The number of benzene rings is 1. The van der Waals surface area contributed by atoms with Crippen LogP contribution in [-0.2, 0) is 6.42 Å². The number of aryl methyl sites for hydroxylation is 2. The van der Waals surface area contributed by atoms with Crippen LogP contribution in [0.5, 0.6) is 0 Å². The molecule has 9 heteroatoms. The Balaban J connectivity index is 1.95. The van der Waals surface area contributed by atoms with Crippen LogP contribution < -0.4 is 10.7 Å². The smallest absolute Gasteiger partial charge is 0.282 e. The highest BCUT2D eigenvalue weighted by atomic mass is 35.5. The van der Waals surface area contributed by atoms with E-state index in [2.05, 4.69) is 20.6 Å². The molecule has 0 unspecified atom stereocenters. The first-order valence-electron chi connectivity index (χ1n) is 7.48. The molecule has 0 saturated carbocycles. The van der Waals surface area contributed by atoms with Gasteiger partial charge in [-0.15, -0.1) is 10.2 Å². The van der Waals surface area contributed by atoms with Crippen molar-refractivity contribution < 1.29 is 4.79 Å². The van der Waals surface area contributed by atoms with E-state index in [0.717, 1.165) is 11.4 Å². The molecule has 0 aliphatic rings. The molecule has 0 aliphatic heterocycles. The molecule has 3 aromatic rings. The van der Waals surface area contributed by atoms with Crippen molar-refractivity contribution in [3.05, 3.63) is 62.0 Å². The maximum absolute atomic E-state index is 12.4. The number of rotatable bonds is 4. The average molecular weight is 376 g/mol. The molecular weight excluding hydrogens is 362 g/mol. The molecule has 2 aromatic heterocycles. The number of carbonyl (C=O) groups is 1. The van der Waals surface area contributed by atoms with Crippen LogP contribution in [0.25, 0.3) is 5.69 Å². The van der Waals surface area contributed by atoms with E-state index < -0.39 is 11.3 Å². The summed E-state index contributed by atoms with van der Waals surface area (Å²) in [7, 11) is 0. The number of nitrogens with one attached hydrogen (secondary N) is 1. The van der Waals surface area contributed by atoms with Crippen molar-refractivity contribution in [1.29, 1.82) is 0 Å². The van der Waals surface area contributed by atoms with Crippen molar-refractivity contribution >= 4 is 34.0 Å². The van der Waals surface area contributed by atoms with Crippen molar-refractivity contribution in [1.82, 2.24) is 20.0 Å². The molecule has 0 saturated heterocycles. The molecule has 0 spiro atoms. The fourth-order valence-electron chi connectivity index (χ4n) is 2.15. The number of hydrogen-bond donors (Lipinski definition) is 1. The first kappa shape index (κ1) is 17.2. The average Bonchev–Trinajstić information content (AvgIpc) is 3.03. The molecule has 0 radical (unpaired) electrons. The highest BCUT2D eigenvalue weighted by Crippen LogP contribution is 2.16. The summed E-state index contributed by atoms with van der Waals surface area (Å²) in [6.07, 6.45) is 0.722. The van der Waals surface area contributed by atoms with Gasteiger partial charge in [-0.25, -0.2) is 4.68 Å². The van der Waals surface area contributed by atoms with Crippen LogP contribution in [0.1, 0.15) is 28.1 Å². The van der Waals surface area contributed by atoms with Crippen LogP contribution in [0.15, 0.2) is 35.1 Å². The number of hydrogen-bond acceptors (Lipinski definition) is 6. The third kappa shape index (κ3) is 3.75. The Labute approximate surface area is 152 Å². The Morgan fingerprint density at radius 1 is 1.28 bits per heavy atom. The van der Waals surface area contributed by atoms with Crippen LogP contribution in [-0.4, -0.2) is 25.9 Å². The van der Waals surface area contributed by atoms with Gasteiger partial charge in [-0.05, 0) is 37.6 Å². The van der Waals surface area contributed by atoms with Gasteiger partial charge in [0.15, 0.2) is 5.69 Å². The molecule has 0 atom stereocenters. The van der Waals surface area contributed by atoms with Gasteiger partial charge in [0.05, 0.1) is 5.69 Å². The van der Waals surface area contributed by atoms with Gasteiger partial charge in [-0.3, -0.25) is 14.9 Å². The summed E-state index contributed by atoms with van der Waals surface area (Å²) in [5, 5.41) is 16.3. The lowest BCUT2D eigenvalue weighted by Gasteiger charge is -2.11. The number of carbonyl (C=O) groups excluding carboxylic acids is 1. The third-order valence-corrected chi connectivity index (χ3v) is 4.62. The first-order chi connectivity index (χ1) is 12.0. The molecule has 1 amide bonds. The second kappa shape index (κ2) is 7.12. The topological polar surface area (TPSA) is 89.8 Å². The predicted octanol–water partition coefficient (Wildman–Crippen LogP) is 2.86. The van der Waals surface area contributed by atoms with Crippen LogP contribution in [0.3, 0.4) is 0 Å². The fourth-order valence-corrected chi connectivity index (χ4v) is 2.95. The van der Waals surface area contributed by atoms with Gasteiger partial charge >= 0.3 is 0 Å². The molecule has 1 aromatic carbocycles. The lowest BCUT2D eigenvalue weighted by atomic mass is 10.2. The molecule has 128 valence electrons. The van der Waals surface area contributed by atoms with Gasteiger partial charge in [0.25, 0.3) is 5.91 Å². The predicted molar refractivity (Wildman–Crippen MR) is 96.8 cm³/mol. The van der Waals surface area contributed by atoms with Crippen molar-refractivity contribution in [3.8, 4) is 5.69 Å². The van der Waals surface area contributed by atoms with Crippen molar-refractivity contribution in [2.75, 3.05) is 5.32 Å². The lowest BCUT2D eigenvalue weighted by Crippen LogP contribution is -2.26. The molecule has 7 nitrogen and oxygen atoms in total. The number of halogens is 1. The molecule has 0 fully saturated rings. The van der Waals surface area contributed by atoms with Crippen LogP contribution in [0.4, 0.5) is 5.13 Å². The maximum atomic E-state index is 12.4. The molecular formula is C16H14ClN5O2S. The standard InChI is InChI=1S/C16H14ClN5O2S/c1-3-13-19-20-16(25-13)18-15(24)14-12(23)8-9(2)22(21-14)11-6-4-10(17)5-7-11/h4-8H,3H2,1-2H3,(H,18,20,24). The minimum atomic E-state index is -0.619. The molecule has 0 aliphatic carbocycles. The number of nitrogens with zero attached hydrogens (tertiary/aromatic N) is 4. The van der Waals surface area contributed by atoms with E-state index in [-0.39, 0.29) is 5.69 Å². The zero-order chi connectivity index (χ0) is 18.0. The van der Waals surface area contributed by atoms with Crippen LogP contribution in [0.2, 0.25) is 5.02 Å². The molecule has 25 heavy (non-hydrogen) atoms. The van der Waals surface area contributed by atoms with Gasteiger partial charge in [-0.1, -0.05) is 29.9 Å². The van der Waals surface area contributed by atoms with E-state index in [9.17, 15) is 9.59 Å². The Morgan fingerprint density at radius 3 is 2.64 bits per heavy atom. The first-order valence-corrected chi connectivity index (χ1v) is 8.68. The number of aromatic nitrogens is 4. The minimum Gasteiger partial charge on any atom is -0.295 e. The Hall–Kier alpha value is -2.58. The van der Waals surface area contributed by atoms with Gasteiger partial charge in [0, 0.05) is 16.8 Å². The van der Waals surface area contributed by atoms with Crippen LogP contribution >= 0.6 is 22.9 Å². The molecule has 3 rings (SSSR count). The lowest BCUT2D eigenvalue weighted by molar-refractivity contribution is 0.101. The highest BCUT2D eigenvalue weighted by Gasteiger charge is 2.17. The Bertz CT molecular complexity index is 981. The van der Waals surface area contributed by atoms with Gasteiger partial charge in [0.1, 0.15) is 5.01 Å². The van der Waals surface area contributed by atoms with E-state index in [1.165, 1.54) is 22.1 Å². The second-order valence-corrected chi connectivity index (χ2v) is 6.69. The van der Waals surface area contributed by atoms with Gasteiger partial charge in [-0.2, -0.15) is 5.10 Å². The van der Waals surface area contributed by atoms with E-state index in [1.54, 1.807) is 31.2 Å². The van der Waals surface area contributed by atoms with E-state index in [1.807, 2.05) is 6.92 Å². The summed E-state index contributed by atoms with van der Waals surface area (Å²) in [4.78, 5) is 24.6. The number of amides is 1. The third-order valence-electron chi connectivity index (χ3n) is 3.38. The maximum Gasteiger partial charge on any atom is 0.282 e. The zero-order valence-electron chi connectivity index (χ0n) is 13.5. The van der Waals surface area contributed by atoms with Crippen molar-refractivity contribution in [3.63, 3.8) is 0 Å². The molecule has 1 N–H and O–H groups in total. The van der Waals surface area contributed by atoms with Gasteiger partial charge in [0.2, 0.25) is 10.6 Å². The quantitative estimate of drug-likeness (QED) is 0.757. The van der Waals surface area contributed by atoms with E-state index in [0.29, 0.717) is 21.5 Å². The minimum absolute atomic E-state index is 0.214. The van der Waals surface area contributed by atoms with E-state index >= 15 is 0 Å². The van der Waals surface area contributed by atoms with Crippen molar-refractivity contribution in [2.45, 2.75) is 20.3 Å². The monoisotopic (exact) mass is 375 g/mol. The second-order valence-electron chi connectivity index (χ2n) is 5.20. The SMILES string of the molecule is CCc1nnc(NC(=O)c2nn(-c3ccc(Cl)cc3)c(C)cc2=O)s1. The summed E-state index contributed by atoms with van der Waals surface area (Å²) < 4.78 is 1.52. The summed E-state index contributed by atoms with van der Waals surface area (Å²) in [5.74, 6) is -0.619. The Kier molecular flexibility index (Phi) is 4.91. The zero-order valence-corrected chi connectivity index (χ0v) is 15.1. The molecule has 2 heterocycles. The summed E-state index contributed by atoms with van der Waals surface area (Å²) >= 11 is 7.16. The highest BCUT2D eigenvalue weighted by molar-refractivity contribution is 7.15. The van der Waals surface area contributed by atoms with Crippen molar-refractivity contribution in [2.24, 2.45) is 0 Å². The largest absolute Gasteiger partial charge is 0.295 e. The summed E-state index contributed by atoms with van der Waals surface area (Å²) in [6.45, 7) is 3.68.